The van der Waals surface area contributed by atoms with Gasteiger partial charge in [0, 0.05) is 10.5 Å². The van der Waals surface area contributed by atoms with Crippen molar-refractivity contribution in [2.45, 2.75) is 20.3 Å². The van der Waals surface area contributed by atoms with E-state index in [-0.39, 0.29) is 18.0 Å². The number of hydrogen-bond acceptors (Lipinski definition) is 5. The summed E-state index contributed by atoms with van der Waals surface area (Å²) >= 11 is 3.23. The number of nitro benzene ring substituents is 1. The van der Waals surface area contributed by atoms with Crippen LogP contribution in [0.4, 0.5) is 5.69 Å². The van der Waals surface area contributed by atoms with E-state index in [0.29, 0.717) is 21.6 Å². The summed E-state index contributed by atoms with van der Waals surface area (Å²) in [5.74, 6) is 0.458. The first-order valence-corrected chi connectivity index (χ1v) is 9.55. The molecule has 1 N–H and O–H groups in total. The molecule has 29 heavy (non-hydrogen) atoms. The Hall–Kier alpha value is -3.26. The highest BCUT2D eigenvalue weighted by atomic mass is 79.9. The molecule has 0 saturated carbocycles. The van der Waals surface area contributed by atoms with Gasteiger partial charge in [0.2, 0.25) is 5.91 Å². The maximum Gasteiger partial charge on any atom is 0.281 e. The Kier molecular flexibility index (Phi) is 6.23. The van der Waals surface area contributed by atoms with Crippen LogP contribution in [0.5, 0.6) is 0 Å². The molecule has 3 rings (SSSR count). The second-order valence-electron chi connectivity index (χ2n) is 6.52. The number of carbonyl (C=O) groups excluding carboxylic acids is 1. The average molecular weight is 456 g/mol. The maximum absolute atomic E-state index is 12.1. The van der Waals surface area contributed by atoms with Crippen LogP contribution in [0.2, 0.25) is 0 Å². The van der Waals surface area contributed by atoms with Crippen molar-refractivity contribution in [3.63, 3.8) is 0 Å². The highest BCUT2D eigenvalue weighted by Gasteiger charge is 2.18. The first kappa shape index (κ1) is 20.5. The third-order valence-corrected chi connectivity index (χ3v) is 4.77. The summed E-state index contributed by atoms with van der Waals surface area (Å²) in [6.45, 7) is 3.96. The average Bonchev–Trinajstić information content (AvgIpc) is 3.12. The lowest BCUT2D eigenvalue weighted by Crippen LogP contribution is -2.20. The molecule has 0 aliphatic rings. The van der Waals surface area contributed by atoms with Crippen molar-refractivity contribution in [3.8, 4) is 11.3 Å². The van der Waals surface area contributed by atoms with Crippen LogP contribution in [0, 0.1) is 24.0 Å². The molecule has 0 radical (unpaired) electrons. The first-order chi connectivity index (χ1) is 13.8. The topological polar surface area (TPSA) is 97.7 Å². The molecule has 0 fully saturated rings. The number of nitro groups is 1. The second-order valence-corrected chi connectivity index (χ2v) is 7.44. The van der Waals surface area contributed by atoms with E-state index in [1.807, 2.05) is 32.0 Å². The van der Waals surface area contributed by atoms with Crippen LogP contribution < -0.4 is 5.43 Å². The molecule has 148 valence electrons. The lowest BCUT2D eigenvalue weighted by atomic mass is 10.0. The standard InChI is InChI=1S/C21H18BrN3O4/c1-13-3-4-15(14(2)9-13)10-21(26)24-23-12-17-6-8-20(29-17)18-7-5-16(22)11-19(18)25(27)28/h3-9,11-12H,10H2,1-2H3,(H,24,26)/b23-12+. The van der Waals surface area contributed by atoms with Gasteiger partial charge in [0.25, 0.3) is 5.69 Å². The van der Waals surface area contributed by atoms with Crippen molar-refractivity contribution < 1.29 is 14.1 Å². The highest BCUT2D eigenvalue weighted by molar-refractivity contribution is 9.10. The fourth-order valence-corrected chi connectivity index (χ4v) is 3.20. The van der Waals surface area contributed by atoms with Crippen molar-refractivity contribution in [1.82, 2.24) is 5.43 Å². The molecule has 0 saturated heterocycles. The molecule has 2 aromatic carbocycles. The summed E-state index contributed by atoms with van der Waals surface area (Å²) in [6.07, 6.45) is 1.58. The van der Waals surface area contributed by atoms with Gasteiger partial charge in [-0.15, -0.1) is 0 Å². The molecule has 0 aliphatic carbocycles. The van der Waals surface area contributed by atoms with Crippen LogP contribution in [0.25, 0.3) is 11.3 Å². The predicted octanol–water partition coefficient (Wildman–Crippen LogP) is 4.93. The predicted molar refractivity (Wildman–Crippen MR) is 114 cm³/mol. The molecule has 7 nitrogen and oxygen atoms in total. The van der Waals surface area contributed by atoms with E-state index < -0.39 is 4.92 Å². The lowest BCUT2D eigenvalue weighted by Gasteiger charge is -2.05. The zero-order valence-corrected chi connectivity index (χ0v) is 17.4. The maximum atomic E-state index is 12.1. The number of nitrogens with zero attached hydrogens (tertiary/aromatic N) is 2. The quantitative estimate of drug-likeness (QED) is 0.323. The smallest absolute Gasteiger partial charge is 0.281 e. The Bertz CT molecular complexity index is 1110. The Labute approximate surface area is 175 Å². The minimum absolute atomic E-state index is 0.0704. The fraction of sp³-hybridized carbons (Fsp3) is 0.143. The number of amides is 1. The van der Waals surface area contributed by atoms with Crippen LogP contribution >= 0.6 is 15.9 Å². The monoisotopic (exact) mass is 455 g/mol. The van der Waals surface area contributed by atoms with Crippen molar-refractivity contribution in [2.24, 2.45) is 5.10 Å². The number of hydrazone groups is 1. The molecule has 0 aliphatic heterocycles. The van der Waals surface area contributed by atoms with Crippen LogP contribution in [-0.2, 0) is 11.2 Å². The zero-order valence-electron chi connectivity index (χ0n) is 15.8. The molecule has 1 heterocycles. The van der Waals surface area contributed by atoms with Crippen molar-refractivity contribution in [3.05, 3.63) is 85.6 Å². The fourth-order valence-electron chi connectivity index (χ4n) is 2.86. The minimum Gasteiger partial charge on any atom is -0.455 e. The summed E-state index contributed by atoms with van der Waals surface area (Å²) in [4.78, 5) is 22.9. The van der Waals surface area contributed by atoms with Crippen molar-refractivity contribution in [2.75, 3.05) is 0 Å². The van der Waals surface area contributed by atoms with Crippen LogP contribution in [0.15, 0.2) is 62.5 Å². The van der Waals surface area contributed by atoms with Gasteiger partial charge in [-0.1, -0.05) is 39.7 Å². The summed E-state index contributed by atoms with van der Waals surface area (Å²) in [5.41, 5.74) is 5.88. The van der Waals surface area contributed by atoms with Gasteiger partial charge in [-0.3, -0.25) is 14.9 Å². The summed E-state index contributed by atoms with van der Waals surface area (Å²) in [7, 11) is 0. The van der Waals surface area contributed by atoms with E-state index in [4.69, 9.17) is 4.42 Å². The molecular formula is C21H18BrN3O4. The van der Waals surface area contributed by atoms with E-state index >= 15 is 0 Å². The van der Waals surface area contributed by atoms with E-state index in [9.17, 15) is 14.9 Å². The summed E-state index contributed by atoms with van der Waals surface area (Å²) in [5, 5.41) is 15.2. The Morgan fingerprint density at radius 3 is 2.72 bits per heavy atom. The molecular weight excluding hydrogens is 438 g/mol. The summed E-state index contributed by atoms with van der Waals surface area (Å²) < 4.78 is 6.22. The van der Waals surface area contributed by atoms with Crippen molar-refractivity contribution >= 4 is 33.7 Å². The van der Waals surface area contributed by atoms with Crippen LogP contribution in [-0.4, -0.2) is 17.0 Å². The molecule has 8 heteroatoms. The van der Waals surface area contributed by atoms with Gasteiger partial charge in [-0.2, -0.15) is 5.10 Å². The van der Waals surface area contributed by atoms with Crippen LogP contribution in [0.1, 0.15) is 22.5 Å². The number of rotatable bonds is 6. The number of nitrogens with one attached hydrogen (secondary N) is 1. The minimum atomic E-state index is -0.469. The number of halogens is 1. The van der Waals surface area contributed by atoms with Gasteiger partial charge in [0.05, 0.1) is 23.1 Å². The third kappa shape index (κ3) is 5.17. The number of furan rings is 1. The number of hydrogen-bond donors (Lipinski definition) is 1. The molecule has 1 amide bonds. The van der Waals surface area contributed by atoms with E-state index in [2.05, 4.69) is 26.5 Å². The van der Waals surface area contributed by atoms with Gasteiger partial charge in [-0.25, -0.2) is 5.43 Å². The molecule has 0 unspecified atom stereocenters. The van der Waals surface area contributed by atoms with Gasteiger partial charge in [0.1, 0.15) is 11.5 Å². The zero-order chi connectivity index (χ0) is 21.0. The second kappa shape index (κ2) is 8.83. The third-order valence-electron chi connectivity index (χ3n) is 4.28. The van der Waals surface area contributed by atoms with Crippen molar-refractivity contribution in [1.29, 1.82) is 0 Å². The Morgan fingerprint density at radius 1 is 1.21 bits per heavy atom. The SMILES string of the molecule is Cc1ccc(CC(=O)N/N=C/c2ccc(-c3ccc(Br)cc3[N+](=O)[O-])o2)c(C)c1. The van der Waals surface area contributed by atoms with E-state index in [1.165, 1.54) is 12.3 Å². The molecule has 0 spiro atoms. The Balaban J connectivity index is 1.67. The molecule has 3 aromatic rings. The molecule has 0 atom stereocenters. The number of aryl methyl sites for hydroxylation is 2. The number of carbonyl (C=O) groups is 1. The van der Waals surface area contributed by atoms with Gasteiger partial charge in [0.15, 0.2) is 0 Å². The molecule has 1 aromatic heterocycles. The Morgan fingerprint density at radius 2 is 2.00 bits per heavy atom. The first-order valence-electron chi connectivity index (χ1n) is 8.75. The van der Waals surface area contributed by atoms with E-state index in [1.54, 1.807) is 24.3 Å². The summed E-state index contributed by atoms with van der Waals surface area (Å²) in [6, 6.07) is 13.9. The van der Waals surface area contributed by atoms with Gasteiger partial charge >= 0.3 is 0 Å². The lowest BCUT2D eigenvalue weighted by molar-refractivity contribution is -0.384. The van der Waals surface area contributed by atoms with Crippen LogP contribution in [0.3, 0.4) is 0 Å². The molecule has 0 bridgehead atoms. The van der Waals surface area contributed by atoms with Gasteiger partial charge in [-0.05, 0) is 49.2 Å². The largest absolute Gasteiger partial charge is 0.455 e. The van der Waals surface area contributed by atoms with E-state index in [0.717, 1.165) is 16.7 Å². The highest BCUT2D eigenvalue weighted by Crippen LogP contribution is 2.33. The number of benzene rings is 2. The van der Waals surface area contributed by atoms with Gasteiger partial charge < -0.3 is 4.42 Å². The normalized spacial score (nSPS) is 11.0.